The van der Waals surface area contributed by atoms with E-state index in [2.05, 4.69) is 15.4 Å². The number of anilines is 1. The summed E-state index contributed by atoms with van der Waals surface area (Å²) in [4.78, 5) is 36.2. The van der Waals surface area contributed by atoms with Gasteiger partial charge in [-0.3, -0.25) is 9.59 Å². The number of amides is 2. The molecular weight excluding hydrogens is 399 g/mol. The van der Waals surface area contributed by atoms with Gasteiger partial charge in [-0.25, -0.2) is 9.18 Å². The second-order valence-corrected chi connectivity index (χ2v) is 6.85. The van der Waals surface area contributed by atoms with Gasteiger partial charge in [-0.1, -0.05) is 12.1 Å². The first kappa shape index (κ1) is 21.7. The SMILES string of the molecule is COC(=O)c1ccc(C(=O)NC(C)c2ccc(NC(=O)c3ccc(F)cc3)cc2)cc1. The number of carbonyl (C=O) groups is 3. The van der Waals surface area contributed by atoms with E-state index >= 15 is 0 Å². The highest BCUT2D eigenvalue weighted by molar-refractivity contribution is 6.04. The van der Waals surface area contributed by atoms with E-state index in [-0.39, 0.29) is 17.9 Å². The molecule has 0 aliphatic heterocycles. The highest BCUT2D eigenvalue weighted by Gasteiger charge is 2.13. The molecule has 0 fully saturated rings. The molecule has 0 spiro atoms. The topological polar surface area (TPSA) is 84.5 Å². The fraction of sp³-hybridized carbons (Fsp3) is 0.125. The Morgan fingerprint density at radius 2 is 1.29 bits per heavy atom. The Kier molecular flexibility index (Phi) is 6.77. The molecule has 0 saturated carbocycles. The van der Waals surface area contributed by atoms with Crippen molar-refractivity contribution < 1.29 is 23.5 Å². The molecule has 7 heteroatoms. The second-order valence-electron chi connectivity index (χ2n) is 6.85. The highest BCUT2D eigenvalue weighted by atomic mass is 19.1. The molecule has 3 aromatic carbocycles. The summed E-state index contributed by atoms with van der Waals surface area (Å²) in [6.07, 6.45) is 0. The minimum Gasteiger partial charge on any atom is -0.465 e. The molecule has 31 heavy (non-hydrogen) atoms. The number of carbonyl (C=O) groups excluding carboxylic acids is 3. The van der Waals surface area contributed by atoms with Crippen molar-refractivity contribution in [3.8, 4) is 0 Å². The van der Waals surface area contributed by atoms with Crippen LogP contribution >= 0.6 is 0 Å². The summed E-state index contributed by atoms with van der Waals surface area (Å²) < 4.78 is 17.6. The van der Waals surface area contributed by atoms with E-state index in [1.807, 2.05) is 6.92 Å². The molecule has 1 unspecified atom stereocenters. The molecule has 3 rings (SSSR count). The van der Waals surface area contributed by atoms with Crippen LogP contribution in [0, 0.1) is 5.82 Å². The summed E-state index contributed by atoms with van der Waals surface area (Å²) in [5.41, 5.74) is 2.56. The monoisotopic (exact) mass is 420 g/mol. The third-order valence-corrected chi connectivity index (χ3v) is 4.69. The van der Waals surface area contributed by atoms with Crippen LogP contribution in [-0.4, -0.2) is 24.9 Å². The summed E-state index contributed by atoms with van der Waals surface area (Å²) in [7, 11) is 1.30. The quantitative estimate of drug-likeness (QED) is 0.581. The van der Waals surface area contributed by atoms with Gasteiger partial charge in [-0.2, -0.15) is 0 Å². The van der Waals surface area contributed by atoms with Crippen molar-refractivity contribution in [2.75, 3.05) is 12.4 Å². The number of hydrogen-bond donors (Lipinski definition) is 2. The molecule has 2 amide bonds. The first-order chi connectivity index (χ1) is 14.9. The fourth-order valence-corrected chi connectivity index (χ4v) is 2.90. The Balaban J connectivity index is 1.60. The third kappa shape index (κ3) is 5.54. The van der Waals surface area contributed by atoms with Crippen LogP contribution in [0.3, 0.4) is 0 Å². The largest absolute Gasteiger partial charge is 0.465 e. The maximum atomic E-state index is 13.0. The Labute approximate surface area is 179 Å². The minimum absolute atomic E-state index is 0.280. The molecule has 0 aliphatic carbocycles. The highest BCUT2D eigenvalue weighted by Crippen LogP contribution is 2.18. The lowest BCUT2D eigenvalue weighted by atomic mass is 10.1. The number of benzene rings is 3. The van der Waals surface area contributed by atoms with E-state index in [1.54, 1.807) is 36.4 Å². The Bertz CT molecular complexity index is 1080. The van der Waals surface area contributed by atoms with Gasteiger partial charge in [0.25, 0.3) is 11.8 Å². The average molecular weight is 420 g/mol. The zero-order valence-corrected chi connectivity index (χ0v) is 17.0. The van der Waals surface area contributed by atoms with E-state index in [9.17, 15) is 18.8 Å². The van der Waals surface area contributed by atoms with Crippen LogP contribution in [0.15, 0.2) is 72.8 Å². The molecular formula is C24H21FN2O4. The van der Waals surface area contributed by atoms with Crippen LogP contribution in [0.4, 0.5) is 10.1 Å². The van der Waals surface area contributed by atoms with Crippen molar-refractivity contribution in [2.24, 2.45) is 0 Å². The van der Waals surface area contributed by atoms with Gasteiger partial charge in [-0.05, 0) is 73.2 Å². The number of halogens is 1. The molecule has 3 aromatic rings. The van der Waals surface area contributed by atoms with E-state index in [0.29, 0.717) is 22.4 Å². The lowest BCUT2D eigenvalue weighted by Crippen LogP contribution is -2.26. The van der Waals surface area contributed by atoms with Crippen molar-refractivity contribution in [1.29, 1.82) is 0 Å². The first-order valence-corrected chi connectivity index (χ1v) is 9.53. The predicted molar refractivity (Wildman–Crippen MR) is 114 cm³/mol. The predicted octanol–water partition coefficient (Wildman–Crippen LogP) is 4.36. The smallest absolute Gasteiger partial charge is 0.337 e. The second kappa shape index (κ2) is 9.67. The van der Waals surface area contributed by atoms with Crippen LogP contribution in [0.5, 0.6) is 0 Å². The molecule has 0 aromatic heterocycles. The third-order valence-electron chi connectivity index (χ3n) is 4.69. The van der Waals surface area contributed by atoms with Gasteiger partial charge in [0.05, 0.1) is 18.7 Å². The molecule has 0 bridgehead atoms. The van der Waals surface area contributed by atoms with Crippen LogP contribution in [-0.2, 0) is 4.74 Å². The standard InChI is InChI=1S/C24H21FN2O4/c1-15(26-22(28)17-3-5-19(6-4-17)24(30)31-2)16-9-13-21(14-10-16)27-23(29)18-7-11-20(25)12-8-18/h3-15H,1-2H3,(H,26,28)(H,27,29). The van der Waals surface area contributed by atoms with Gasteiger partial charge < -0.3 is 15.4 Å². The molecule has 0 radical (unpaired) electrons. The van der Waals surface area contributed by atoms with Crippen LogP contribution in [0.25, 0.3) is 0 Å². The van der Waals surface area contributed by atoms with Crippen molar-refractivity contribution in [3.63, 3.8) is 0 Å². The molecule has 0 heterocycles. The number of esters is 1. The molecule has 158 valence electrons. The summed E-state index contributed by atoms with van der Waals surface area (Å²) in [5.74, 6) is -1.50. The lowest BCUT2D eigenvalue weighted by Gasteiger charge is -2.15. The average Bonchev–Trinajstić information content (AvgIpc) is 2.79. The fourth-order valence-electron chi connectivity index (χ4n) is 2.90. The number of hydrogen-bond acceptors (Lipinski definition) is 4. The Hall–Kier alpha value is -4.00. The van der Waals surface area contributed by atoms with Crippen molar-refractivity contribution >= 4 is 23.5 Å². The lowest BCUT2D eigenvalue weighted by molar-refractivity contribution is 0.0600. The van der Waals surface area contributed by atoms with E-state index in [4.69, 9.17) is 0 Å². The summed E-state index contributed by atoms with van der Waals surface area (Å²) in [5, 5.41) is 5.63. The molecule has 0 saturated heterocycles. The normalized spacial score (nSPS) is 11.3. The van der Waals surface area contributed by atoms with Crippen LogP contribution in [0.2, 0.25) is 0 Å². The van der Waals surface area contributed by atoms with E-state index < -0.39 is 11.8 Å². The molecule has 0 aliphatic rings. The summed E-state index contributed by atoms with van der Waals surface area (Å²) in [6.45, 7) is 1.84. The maximum Gasteiger partial charge on any atom is 0.337 e. The summed E-state index contributed by atoms with van der Waals surface area (Å²) in [6, 6.07) is 18.2. The first-order valence-electron chi connectivity index (χ1n) is 9.53. The number of ether oxygens (including phenoxy) is 1. The van der Waals surface area contributed by atoms with Gasteiger partial charge in [0, 0.05) is 16.8 Å². The van der Waals surface area contributed by atoms with Gasteiger partial charge in [0.2, 0.25) is 0 Å². The maximum absolute atomic E-state index is 13.0. The van der Waals surface area contributed by atoms with Gasteiger partial charge in [0.1, 0.15) is 5.82 Å². The molecule has 2 N–H and O–H groups in total. The van der Waals surface area contributed by atoms with Crippen LogP contribution in [0.1, 0.15) is 49.6 Å². The van der Waals surface area contributed by atoms with E-state index in [0.717, 1.165) is 5.56 Å². The van der Waals surface area contributed by atoms with Gasteiger partial charge in [-0.15, -0.1) is 0 Å². The van der Waals surface area contributed by atoms with Crippen molar-refractivity contribution in [1.82, 2.24) is 5.32 Å². The van der Waals surface area contributed by atoms with Crippen molar-refractivity contribution in [3.05, 3.63) is 101 Å². The van der Waals surface area contributed by atoms with Crippen LogP contribution < -0.4 is 10.6 Å². The van der Waals surface area contributed by atoms with Gasteiger partial charge >= 0.3 is 5.97 Å². The molecule has 1 atom stereocenters. The minimum atomic E-state index is -0.466. The van der Waals surface area contributed by atoms with Crippen molar-refractivity contribution in [2.45, 2.75) is 13.0 Å². The number of rotatable bonds is 6. The Morgan fingerprint density at radius 1 is 0.774 bits per heavy atom. The Morgan fingerprint density at radius 3 is 1.87 bits per heavy atom. The number of nitrogens with one attached hydrogen (secondary N) is 2. The zero-order valence-electron chi connectivity index (χ0n) is 17.0. The van der Waals surface area contributed by atoms with E-state index in [1.165, 1.54) is 43.5 Å². The molecule has 6 nitrogen and oxygen atoms in total. The zero-order chi connectivity index (χ0) is 22.4. The summed E-state index contributed by atoms with van der Waals surface area (Å²) >= 11 is 0. The number of methoxy groups -OCH3 is 1. The van der Waals surface area contributed by atoms with Gasteiger partial charge in [0.15, 0.2) is 0 Å².